The lowest BCUT2D eigenvalue weighted by Crippen LogP contribution is -2.31. The standard InChI is InChI=1S/C24H45NO5S/c1-4-5-6-7-10-13-16-21(31-20-22(26)25-19-24(28)30-3)17-14-11-8-9-12-15-18-23(27)29-2/h21H,4-20H2,1-3H3,(H,25,26). The summed E-state index contributed by atoms with van der Waals surface area (Å²) < 4.78 is 9.22. The lowest BCUT2D eigenvalue weighted by atomic mass is 10.0. The SMILES string of the molecule is CCCCCCCCC(CCCCCCCCC(=O)OC)SCC(=O)NCC(=O)OC. The lowest BCUT2D eigenvalue weighted by molar-refractivity contribution is -0.141. The number of methoxy groups -OCH3 is 2. The summed E-state index contributed by atoms with van der Waals surface area (Å²) in [7, 11) is 2.75. The molecule has 0 aromatic rings. The number of unbranched alkanes of at least 4 members (excludes halogenated alkanes) is 10. The molecule has 0 aromatic carbocycles. The van der Waals surface area contributed by atoms with E-state index < -0.39 is 5.97 Å². The van der Waals surface area contributed by atoms with Gasteiger partial charge in [0.05, 0.1) is 20.0 Å². The third kappa shape index (κ3) is 20.4. The Morgan fingerprint density at radius 1 is 0.742 bits per heavy atom. The van der Waals surface area contributed by atoms with Gasteiger partial charge in [-0.3, -0.25) is 14.4 Å². The van der Waals surface area contributed by atoms with Crippen LogP contribution < -0.4 is 5.32 Å². The second-order valence-electron chi connectivity index (χ2n) is 8.08. The highest BCUT2D eigenvalue weighted by atomic mass is 32.2. The predicted octanol–water partition coefficient (Wildman–Crippen LogP) is 5.42. The Balaban J connectivity index is 4.06. The molecule has 182 valence electrons. The molecule has 0 aliphatic carbocycles. The Morgan fingerprint density at radius 3 is 1.81 bits per heavy atom. The van der Waals surface area contributed by atoms with Gasteiger partial charge in [-0.15, -0.1) is 11.8 Å². The number of carbonyl (C=O) groups is 3. The van der Waals surface area contributed by atoms with E-state index in [0.717, 1.165) is 32.1 Å². The van der Waals surface area contributed by atoms with E-state index in [1.54, 1.807) is 11.8 Å². The zero-order valence-corrected chi connectivity index (χ0v) is 20.9. The van der Waals surface area contributed by atoms with Crippen molar-refractivity contribution in [2.24, 2.45) is 0 Å². The molecule has 0 aromatic heterocycles. The zero-order chi connectivity index (χ0) is 23.2. The maximum Gasteiger partial charge on any atom is 0.325 e. The fourth-order valence-corrected chi connectivity index (χ4v) is 4.56. The number of carbonyl (C=O) groups excluding carboxylic acids is 3. The summed E-state index contributed by atoms with van der Waals surface area (Å²) in [4.78, 5) is 34.2. The summed E-state index contributed by atoms with van der Waals surface area (Å²) in [6, 6.07) is 0. The Bertz CT molecular complexity index is 473. The minimum absolute atomic E-state index is 0.0615. The van der Waals surface area contributed by atoms with Crippen LogP contribution in [-0.4, -0.2) is 49.6 Å². The first-order valence-corrected chi connectivity index (χ1v) is 13.1. The molecule has 0 saturated carbocycles. The predicted molar refractivity (Wildman–Crippen MR) is 128 cm³/mol. The van der Waals surface area contributed by atoms with Crippen LogP contribution in [0.1, 0.15) is 103 Å². The molecule has 1 atom stereocenters. The number of thioether (sulfide) groups is 1. The molecule has 0 radical (unpaired) electrons. The fourth-order valence-electron chi connectivity index (χ4n) is 3.40. The molecule has 1 N–H and O–H groups in total. The first kappa shape index (κ1) is 29.8. The Kier molecular flexibility index (Phi) is 21.1. The van der Waals surface area contributed by atoms with Crippen molar-refractivity contribution in [1.82, 2.24) is 5.32 Å². The molecule has 0 spiro atoms. The number of esters is 2. The van der Waals surface area contributed by atoms with Crippen LogP contribution in [0, 0.1) is 0 Å². The smallest absolute Gasteiger partial charge is 0.325 e. The lowest BCUT2D eigenvalue weighted by Gasteiger charge is -2.16. The minimum Gasteiger partial charge on any atom is -0.469 e. The van der Waals surface area contributed by atoms with E-state index in [4.69, 9.17) is 0 Å². The molecular weight excluding hydrogens is 414 g/mol. The van der Waals surface area contributed by atoms with Crippen molar-refractivity contribution in [3.8, 4) is 0 Å². The second kappa shape index (κ2) is 22.0. The highest BCUT2D eigenvalue weighted by molar-refractivity contribution is 8.00. The third-order valence-corrected chi connectivity index (χ3v) is 6.74. The summed E-state index contributed by atoms with van der Waals surface area (Å²) in [5.41, 5.74) is 0. The molecule has 1 unspecified atom stereocenters. The molecule has 0 bridgehead atoms. The number of amides is 1. The van der Waals surface area contributed by atoms with Gasteiger partial charge in [-0.1, -0.05) is 77.6 Å². The van der Waals surface area contributed by atoms with Crippen LogP contribution in [-0.2, 0) is 23.9 Å². The summed E-state index contributed by atoms with van der Waals surface area (Å²) in [5, 5.41) is 3.11. The summed E-state index contributed by atoms with van der Waals surface area (Å²) in [5.74, 6) is -0.252. The molecule has 6 nitrogen and oxygen atoms in total. The number of rotatable bonds is 21. The molecule has 0 heterocycles. The van der Waals surface area contributed by atoms with Gasteiger partial charge in [0.15, 0.2) is 0 Å². The van der Waals surface area contributed by atoms with E-state index in [1.807, 2.05) is 0 Å². The van der Waals surface area contributed by atoms with Crippen LogP contribution in [0.2, 0.25) is 0 Å². The quantitative estimate of drug-likeness (QED) is 0.182. The molecule has 31 heavy (non-hydrogen) atoms. The van der Waals surface area contributed by atoms with E-state index in [1.165, 1.54) is 72.0 Å². The van der Waals surface area contributed by atoms with Gasteiger partial charge in [0.1, 0.15) is 6.54 Å². The van der Waals surface area contributed by atoms with Gasteiger partial charge in [-0.2, -0.15) is 0 Å². The topological polar surface area (TPSA) is 81.7 Å². The van der Waals surface area contributed by atoms with Crippen LogP contribution in [0.4, 0.5) is 0 Å². The molecule has 0 rings (SSSR count). The van der Waals surface area contributed by atoms with Crippen LogP contribution in [0.5, 0.6) is 0 Å². The van der Waals surface area contributed by atoms with E-state index in [2.05, 4.69) is 21.7 Å². The van der Waals surface area contributed by atoms with Gasteiger partial charge in [0.2, 0.25) is 5.91 Å². The largest absolute Gasteiger partial charge is 0.469 e. The van der Waals surface area contributed by atoms with Gasteiger partial charge >= 0.3 is 11.9 Å². The van der Waals surface area contributed by atoms with Crippen molar-refractivity contribution in [1.29, 1.82) is 0 Å². The highest BCUT2D eigenvalue weighted by Gasteiger charge is 2.13. The van der Waals surface area contributed by atoms with Crippen molar-refractivity contribution in [3.63, 3.8) is 0 Å². The second-order valence-corrected chi connectivity index (χ2v) is 9.37. The van der Waals surface area contributed by atoms with E-state index in [9.17, 15) is 14.4 Å². The van der Waals surface area contributed by atoms with Crippen molar-refractivity contribution in [2.75, 3.05) is 26.5 Å². The Labute approximate surface area is 194 Å². The molecule has 0 fully saturated rings. The molecular formula is C24H45NO5S. The average molecular weight is 460 g/mol. The van der Waals surface area contributed by atoms with Crippen molar-refractivity contribution < 1.29 is 23.9 Å². The van der Waals surface area contributed by atoms with Gasteiger partial charge in [-0.05, 0) is 19.3 Å². The average Bonchev–Trinajstić information content (AvgIpc) is 2.78. The third-order valence-electron chi connectivity index (χ3n) is 5.37. The summed E-state index contributed by atoms with van der Waals surface area (Å²) >= 11 is 1.72. The van der Waals surface area contributed by atoms with Crippen molar-refractivity contribution in [2.45, 2.75) is 108 Å². The van der Waals surface area contributed by atoms with Crippen molar-refractivity contribution in [3.05, 3.63) is 0 Å². The van der Waals surface area contributed by atoms with Gasteiger partial charge in [0, 0.05) is 11.7 Å². The Hall–Kier alpha value is -1.24. The van der Waals surface area contributed by atoms with Gasteiger partial charge < -0.3 is 14.8 Å². The first-order chi connectivity index (χ1) is 15.0. The van der Waals surface area contributed by atoms with Crippen LogP contribution in [0.3, 0.4) is 0 Å². The van der Waals surface area contributed by atoms with Gasteiger partial charge in [-0.25, -0.2) is 0 Å². The number of hydrogen-bond donors (Lipinski definition) is 1. The fraction of sp³-hybridized carbons (Fsp3) is 0.875. The summed E-state index contributed by atoms with van der Waals surface area (Å²) in [6.45, 7) is 2.17. The van der Waals surface area contributed by atoms with Crippen LogP contribution in [0.15, 0.2) is 0 Å². The van der Waals surface area contributed by atoms with Crippen molar-refractivity contribution >= 4 is 29.6 Å². The molecule has 0 aliphatic heterocycles. The zero-order valence-electron chi connectivity index (χ0n) is 20.0. The van der Waals surface area contributed by atoms with Crippen LogP contribution in [0.25, 0.3) is 0 Å². The first-order valence-electron chi connectivity index (χ1n) is 12.0. The minimum atomic E-state index is -0.423. The normalized spacial score (nSPS) is 11.7. The van der Waals surface area contributed by atoms with Gasteiger partial charge in [0.25, 0.3) is 0 Å². The molecule has 7 heteroatoms. The molecule has 1 amide bonds. The number of ether oxygens (including phenoxy) is 2. The van der Waals surface area contributed by atoms with E-state index in [0.29, 0.717) is 17.4 Å². The Morgan fingerprint density at radius 2 is 1.26 bits per heavy atom. The number of hydrogen-bond acceptors (Lipinski definition) is 6. The monoisotopic (exact) mass is 459 g/mol. The molecule has 0 aliphatic rings. The van der Waals surface area contributed by atoms with Crippen LogP contribution >= 0.6 is 11.8 Å². The maximum atomic E-state index is 12.0. The number of nitrogens with one attached hydrogen (secondary N) is 1. The highest BCUT2D eigenvalue weighted by Crippen LogP contribution is 2.24. The maximum absolute atomic E-state index is 12.0. The van der Waals surface area contributed by atoms with E-state index in [-0.39, 0.29) is 18.4 Å². The molecule has 0 saturated heterocycles. The summed E-state index contributed by atoms with van der Waals surface area (Å²) in [6.07, 6.45) is 17.2. The van der Waals surface area contributed by atoms with E-state index >= 15 is 0 Å².